The summed E-state index contributed by atoms with van der Waals surface area (Å²) in [5, 5.41) is 26.1. The SMILES string of the molecule is OCCN(CCO)CCCn1nnc2ccccc21. The number of aliphatic hydroxyl groups excluding tert-OH is 2. The molecule has 19 heavy (non-hydrogen) atoms. The van der Waals surface area contributed by atoms with E-state index in [0.29, 0.717) is 13.1 Å². The molecule has 104 valence electrons. The largest absolute Gasteiger partial charge is 0.395 e. The van der Waals surface area contributed by atoms with E-state index in [0.717, 1.165) is 30.5 Å². The van der Waals surface area contributed by atoms with E-state index >= 15 is 0 Å². The lowest BCUT2D eigenvalue weighted by molar-refractivity contribution is 0.158. The van der Waals surface area contributed by atoms with Gasteiger partial charge in [-0.05, 0) is 18.6 Å². The molecule has 0 spiro atoms. The van der Waals surface area contributed by atoms with Crippen molar-refractivity contribution in [2.24, 2.45) is 0 Å². The Labute approximate surface area is 112 Å². The standard InChI is InChI=1S/C13H20N4O2/c18-10-8-16(9-11-19)6-3-7-17-13-5-2-1-4-12(13)14-15-17/h1-2,4-5,18-19H,3,6-11H2. The fourth-order valence-electron chi connectivity index (χ4n) is 2.14. The average molecular weight is 264 g/mol. The molecule has 0 atom stereocenters. The van der Waals surface area contributed by atoms with E-state index in [2.05, 4.69) is 10.3 Å². The Kier molecular flexibility index (Phi) is 5.26. The summed E-state index contributed by atoms with van der Waals surface area (Å²) in [5.41, 5.74) is 1.95. The first-order valence-corrected chi connectivity index (χ1v) is 6.57. The van der Waals surface area contributed by atoms with Gasteiger partial charge in [-0.15, -0.1) is 5.10 Å². The van der Waals surface area contributed by atoms with Crippen molar-refractivity contribution in [1.82, 2.24) is 19.9 Å². The minimum absolute atomic E-state index is 0.117. The second kappa shape index (κ2) is 7.18. The van der Waals surface area contributed by atoms with Crippen LogP contribution in [-0.2, 0) is 6.54 Å². The van der Waals surface area contributed by atoms with Gasteiger partial charge in [-0.2, -0.15) is 0 Å². The van der Waals surface area contributed by atoms with Gasteiger partial charge in [0.05, 0.1) is 18.7 Å². The van der Waals surface area contributed by atoms with Crippen molar-refractivity contribution in [3.05, 3.63) is 24.3 Å². The molecule has 0 saturated heterocycles. The molecule has 1 heterocycles. The quantitative estimate of drug-likeness (QED) is 0.708. The molecule has 2 N–H and O–H groups in total. The maximum Gasteiger partial charge on any atom is 0.113 e. The van der Waals surface area contributed by atoms with Crippen LogP contribution in [-0.4, -0.2) is 63.0 Å². The van der Waals surface area contributed by atoms with Crippen molar-refractivity contribution >= 4 is 11.0 Å². The third-order valence-electron chi connectivity index (χ3n) is 3.10. The van der Waals surface area contributed by atoms with Crippen LogP contribution in [0.5, 0.6) is 0 Å². The van der Waals surface area contributed by atoms with Crippen LogP contribution in [0.25, 0.3) is 11.0 Å². The lowest BCUT2D eigenvalue weighted by atomic mass is 10.3. The van der Waals surface area contributed by atoms with Crippen LogP contribution in [0.1, 0.15) is 6.42 Å². The molecule has 0 bridgehead atoms. The Hall–Kier alpha value is -1.50. The maximum absolute atomic E-state index is 8.94. The van der Waals surface area contributed by atoms with Crippen LogP contribution in [0.2, 0.25) is 0 Å². The molecule has 0 aliphatic carbocycles. The van der Waals surface area contributed by atoms with Crippen LogP contribution >= 0.6 is 0 Å². The summed E-state index contributed by atoms with van der Waals surface area (Å²) in [7, 11) is 0. The van der Waals surface area contributed by atoms with Crippen LogP contribution < -0.4 is 0 Å². The first kappa shape index (κ1) is 13.9. The third kappa shape index (κ3) is 3.73. The Morgan fingerprint density at radius 2 is 1.79 bits per heavy atom. The van der Waals surface area contributed by atoms with E-state index in [-0.39, 0.29) is 13.2 Å². The Morgan fingerprint density at radius 3 is 2.53 bits per heavy atom. The van der Waals surface area contributed by atoms with Gasteiger partial charge in [-0.3, -0.25) is 4.90 Å². The van der Waals surface area contributed by atoms with Gasteiger partial charge < -0.3 is 10.2 Å². The van der Waals surface area contributed by atoms with E-state index in [1.165, 1.54) is 0 Å². The zero-order chi connectivity index (χ0) is 13.5. The van der Waals surface area contributed by atoms with Crippen LogP contribution in [0.15, 0.2) is 24.3 Å². The van der Waals surface area contributed by atoms with Gasteiger partial charge in [-0.25, -0.2) is 4.68 Å². The lowest BCUT2D eigenvalue weighted by Gasteiger charge is -2.19. The van der Waals surface area contributed by atoms with Gasteiger partial charge in [0.1, 0.15) is 5.52 Å². The monoisotopic (exact) mass is 264 g/mol. The summed E-state index contributed by atoms with van der Waals surface area (Å²) in [6.45, 7) is 3.04. The van der Waals surface area contributed by atoms with Crippen molar-refractivity contribution in [2.75, 3.05) is 32.8 Å². The van der Waals surface area contributed by atoms with Crippen molar-refractivity contribution in [3.63, 3.8) is 0 Å². The molecule has 0 radical (unpaired) electrons. The molecular formula is C13H20N4O2. The molecule has 1 aromatic carbocycles. The number of aromatic nitrogens is 3. The van der Waals surface area contributed by atoms with Gasteiger partial charge in [-0.1, -0.05) is 17.3 Å². The van der Waals surface area contributed by atoms with Crippen molar-refractivity contribution in [2.45, 2.75) is 13.0 Å². The molecule has 0 fully saturated rings. The second-order valence-corrected chi connectivity index (χ2v) is 4.44. The molecule has 1 aromatic heterocycles. The summed E-state index contributed by atoms with van der Waals surface area (Å²) in [5.74, 6) is 0. The Balaban J connectivity index is 1.88. The van der Waals surface area contributed by atoms with E-state index in [9.17, 15) is 0 Å². The highest BCUT2D eigenvalue weighted by molar-refractivity contribution is 5.73. The Morgan fingerprint density at radius 1 is 1.05 bits per heavy atom. The average Bonchev–Trinajstić information content (AvgIpc) is 2.83. The number of hydrogen-bond donors (Lipinski definition) is 2. The summed E-state index contributed by atoms with van der Waals surface area (Å²) in [6, 6.07) is 7.88. The first-order valence-electron chi connectivity index (χ1n) is 6.57. The zero-order valence-corrected chi connectivity index (χ0v) is 10.9. The molecule has 2 rings (SSSR count). The normalized spacial score (nSPS) is 11.5. The minimum atomic E-state index is 0.117. The number of nitrogens with zero attached hydrogens (tertiary/aromatic N) is 4. The fraction of sp³-hybridized carbons (Fsp3) is 0.538. The number of rotatable bonds is 8. The predicted octanol–water partition coefficient (Wildman–Crippen LogP) is 0.108. The number of aryl methyl sites for hydroxylation is 1. The highest BCUT2D eigenvalue weighted by atomic mass is 16.3. The van der Waals surface area contributed by atoms with E-state index in [1.54, 1.807) is 0 Å². The summed E-state index contributed by atoms with van der Waals surface area (Å²) in [4.78, 5) is 2.04. The molecule has 6 nitrogen and oxygen atoms in total. The van der Waals surface area contributed by atoms with Gasteiger partial charge in [0, 0.05) is 26.2 Å². The van der Waals surface area contributed by atoms with Crippen LogP contribution in [0.3, 0.4) is 0 Å². The van der Waals surface area contributed by atoms with E-state index in [4.69, 9.17) is 10.2 Å². The highest BCUT2D eigenvalue weighted by Crippen LogP contribution is 2.10. The molecule has 0 aliphatic heterocycles. The predicted molar refractivity (Wildman–Crippen MR) is 72.8 cm³/mol. The van der Waals surface area contributed by atoms with E-state index < -0.39 is 0 Å². The summed E-state index contributed by atoms with van der Waals surface area (Å²) < 4.78 is 1.89. The summed E-state index contributed by atoms with van der Waals surface area (Å²) >= 11 is 0. The van der Waals surface area contributed by atoms with Crippen molar-refractivity contribution < 1.29 is 10.2 Å². The summed E-state index contributed by atoms with van der Waals surface area (Å²) in [6.07, 6.45) is 0.910. The van der Waals surface area contributed by atoms with Crippen LogP contribution in [0.4, 0.5) is 0 Å². The third-order valence-corrected chi connectivity index (χ3v) is 3.10. The first-order chi connectivity index (χ1) is 9.35. The lowest BCUT2D eigenvalue weighted by Crippen LogP contribution is -2.31. The molecule has 0 amide bonds. The number of fused-ring (bicyclic) bond motifs is 1. The molecule has 2 aromatic rings. The van der Waals surface area contributed by atoms with Gasteiger partial charge in [0.2, 0.25) is 0 Å². The Bertz CT molecular complexity index is 494. The number of para-hydroxylation sites is 1. The molecule has 0 saturated carbocycles. The van der Waals surface area contributed by atoms with Crippen LogP contribution in [0, 0.1) is 0 Å². The van der Waals surface area contributed by atoms with Gasteiger partial charge in [0.15, 0.2) is 0 Å². The number of benzene rings is 1. The maximum atomic E-state index is 8.94. The fourth-order valence-corrected chi connectivity index (χ4v) is 2.14. The number of hydrogen-bond acceptors (Lipinski definition) is 5. The van der Waals surface area contributed by atoms with Crippen molar-refractivity contribution in [1.29, 1.82) is 0 Å². The molecule has 6 heteroatoms. The highest BCUT2D eigenvalue weighted by Gasteiger charge is 2.06. The topological polar surface area (TPSA) is 74.4 Å². The van der Waals surface area contributed by atoms with Crippen molar-refractivity contribution in [3.8, 4) is 0 Å². The minimum Gasteiger partial charge on any atom is -0.395 e. The smallest absolute Gasteiger partial charge is 0.113 e. The van der Waals surface area contributed by atoms with Gasteiger partial charge >= 0.3 is 0 Å². The molecule has 0 unspecified atom stereocenters. The second-order valence-electron chi connectivity index (χ2n) is 4.44. The number of aliphatic hydroxyl groups is 2. The van der Waals surface area contributed by atoms with E-state index in [1.807, 2.05) is 33.8 Å². The zero-order valence-electron chi connectivity index (χ0n) is 10.9. The van der Waals surface area contributed by atoms with Gasteiger partial charge in [0.25, 0.3) is 0 Å². The molecular weight excluding hydrogens is 244 g/mol. The molecule has 0 aliphatic rings.